The minimum absolute atomic E-state index is 0.257. The second-order valence-corrected chi connectivity index (χ2v) is 3.72. The van der Waals surface area contributed by atoms with Gasteiger partial charge in [0.25, 0.3) is 11.8 Å². The van der Waals surface area contributed by atoms with Gasteiger partial charge in [-0.25, -0.2) is 4.79 Å². The van der Waals surface area contributed by atoms with Crippen molar-refractivity contribution in [1.29, 1.82) is 0 Å². The topological polar surface area (TPSA) is 98.7 Å². The van der Waals surface area contributed by atoms with Crippen LogP contribution in [0, 0.1) is 0 Å². The number of nitrogens with zero attached hydrogens (tertiary/aromatic N) is 1. The van der Waals surface area contributed by atoms with Crippen molar-refractivity contribution in [2.45, 2.75) is 24.9 Å². The van der Waals surface area contributed by atoms with Crippen LogP contribution >= 0.6 is 0 Å². The summed E-state index contributed by atoms with van der Waals surface area (Å²) < 4.78 is 0. The molecule has 2 fully saturated rings. The number of fused-ring (bicyclic) bond motifs is 1. The van der Waals surface area contributed by atoms with Crippen molar-refractivity contribution in [2.24, 2.45) is 0 Å². The number of carbonyl (C=O) groups excluding carboxylic acids is 3. The summed E-state index contributed by atoms with van der Waals surface area (Å²) in [7, 11) is 0. The zero-order valence-corrected chi connectivity index (χ0v) is 7.62. The summed E-state index contributed by atoms with van der Waals surface area (Å²) in [4.78, 5) is 33.9. The van der Waals surface area contributed by atoms with E-state index in [1.54, 1.807) is 0 Å². The van der Waals surface area contributed by atoms with Crippen LogP contribution in [0.3, 0.4) is 0 Å². The van der Waals surface area contributed by atoms with Crippen LogP contribution in [0.1, 0.15) is 13.8 Å². The van der Waals surface area contributed by atoms with Crippen LogP contribution in [0.5, 0.6) is 0 Å². The standard InChI is InChI=1S/C7H9N3O4/c1-6-3(11)8-4(12)7(6,2)10(14)5(13)9-6/h14H,1-2H3,(H,9,13)(H,8,11,12). The molecule has 0 aromatic carbocycles. The van der Waals surface area contributed by atoms with Crippen molar-refractivity contribution in [3.8, 4) is 0 Å². The van der Waals surface area contributed by atoms with Gasteiger partial charge in [0.05, 0.1) is 0 Å². The number of hydroxylamine groups is 2. The summed E-state index contributed by atoms with van der Waals surface area (Å²) in [5.41, 5.74) is -2.98. The van der Waals surface area contributed by atoms with Gasteiger partial charge in [-0.1, -0.05) is 0 Å². The van der Waals surface area contributed by atoms with E-state index in [9.17, 15) is 19.6 Å². The summed E-state index contributed by atoms with van der Waals surface area (Å²) in [6.45, 7) is 2.71. The van der Waals surface area contributed by atoms with E-state index < -0.39 is 28.9 Å². The predicted octanol–water partition coefficient (Wildman–Crippen LogP) is -1.43. The second kappa shape index (κ2) is 2.06. The molecule has 14 heavy (non-hydrogen) atoms. The smallest absolute Gasteiger partial charge is 0.319 e. The predicted molar refractivity (Wildman–Crippen MR) is 42.1 cm³/mol. The molecule has 2 aliphatic heterocycles. The SMILES string of the molecule is CC12NC(=O)N(O)C1(C)C(=O)NC2=O. The maximum atomic E-state index is 11.4. The average molecular weight is 199 g/mol. The van der Waals surface area contributed by atoms with Gasteiger partial charge in [0.1, 0.15) is 0 Å². The third kappa shape index (κ3) is 0.618. The number of hydrogen-bond donors (Lipinski definition) is 3. The lowest BCUT2D eigenvalue weighted by Gasteiger charge is -2.29. The number of imide groups is 1. The lowest BCUT2D eigenvalue weighted by molar-refractivity contribution is -0.150. The van der Waals surface area contributed by atoms with Crippen LogP contribution in [0.25, 0.3) is 0 Å². The van der Waals surface area contributed by atoms with Gasteiger partial charge in [-0.2, -0.15) is 5.06 Å². The normalized spacial score (nSPS) is 41.1. The molecule has 7 nitrogen and oxygen atoms in total. The van der Waals surface area contributed by atoms with Crippen LogP contribution in [0.4, 0.5) is 4.79 Å². The Morgan fingerprint density at radius 2 is 1.79 bits per heavy atom. The van der Waals surface area contributed by atoms with Gasteiger partial charge in [0.15, 0.2) is 11.1 Å². The van der Waals surface area contributed by atoms with Crippen molar-refractivity contribution >= 4 is 17.8 Å². The number of nitrogens with one attached hydrogen (secondary N) is 2. The summed E-state index contributed by atoms with van der Waals surface area (Å²) in [6.07, 6.45) is 0. The third-order valence-electron chi connectivity index (χ3n) is 3.07. The van der Waals surface area contributed by atoms with Crippen LogP contribution in [0.2, 0.25) is 0 Å². The Kier molecular flexibility index (Phi) is 1.32. The number of rotatable bonds is 0. The molecule has 2 unspecified atom stereocenters. The zero-order chi connectivity index (χ0) is 10.7. The molecule has 2 heterocycles. The number of amides is 4. The molecule has 3 N–H and O–H groups in total. The minimum atomic E-state index is -1.57. The van der Waals surface area contributed by atoms with Gasteiger partial charge < -0.3 is 5.32 Å². The number of carbonyl (C=O) groups is 3. The fraction of sp³-hybridized carbons (Fsp3) is 0.571. The van der Waals surface area contributed by atoms with Crippen LogP contribution < -0.4 is 10.6 Å². The van der Waals surface area contributed by atoms with E-state index in [-0.39, 0.29) is 5.06 Å². The Morgan fingerprint density at radius 3 is 2.29 bits per heavy atom. The van der Waals surface area contributed by atoms with E-state index in [1.807, 2.05) is 0 Å². The molecule has 0 spiro atoms. The fourth-order valence-corrected chi connectivity index (χ4v) is 1.75. The average Bonchev–Trinajstić information content (AvgIpc) is 2.38. The quantitative estimate of drug-likeness (QED) is 0.329. The molecule has 76 valence electrons. The first kappa shape index (κ1) is 8.95. The van der Waals surface area contributed by atoms with Gasteiger partial charge in [-0.3, -0.25) is 20.1 Å². The van der Waals surface area contributed by atoms with Gasteiger partial charge in [0.2, 0.25) is 0 Å². The van der Waals surface area contributed by atoms with Gasteiger partial charge in [0, 0.05) is 0 Å². The van der Waals surface area contributed by atoms with Crippen LogP contribution in [-0.2, 0) is 9.59 Å². The highest BCUT2D eigenvalue weighted by Gasteiger charge is 2.70. The monoisotopic (exact) mass is 199 g/mol. The second-order valence-electron chi connectivity index (χ2n) is 3.72. The highest BCUT2D eigenvalue weighted by atomic mass is 16.5. The molecule has 0 aliphatic carbocycles. The molecule has 0 radical (unpaired) electrons. The molecular formula is C7H9N3O4. The maximum Gasteiger partial charge on any atom is 0.343 e. The fourth-order valence-electron chi connectivity index (χ4n) is 1.75. The third-order valence-corrected chi connectivity index (χ3v) is 3.07. The van der Waals surface area contributed by atoms with Crippen molar-refractivity contribution in [2.75, 3.05) is 0 Å². The molecule has 4 amide bonds. The van der Waals surface area contributed by atoms with Crippen LogP contribution in [0.15, 0.2) is 0 Å². The largest absolute Gasteiger partial charge is 0.343 e. The van der Waals surface area contributed by atoms with Crippen molar-refractivity contribution < 1.29 is 19.6 Å². The summed E-state index contributed by atoms with van der Waals surface area (Å²) in [5, 5.41) is 14.0. The molecule has 0 aromatic rings. The Balaban J connectivity index is 2.61. The lowest BCUT2D eigenvalue weighted by Crippen LogP contribution is -2.59. The van der Waals surface area contributed by atoms with E-state index >= 15 is 0 Å². The van der Waals surface area contributed by atoms with E-state index in [4.69, 9.17) is 0 Å². The summed E-state index contributed by atoms with van der Waals surface area (Å²) in [5.74, 6) is -1.30. The van der Waals surface area contributed by atoms with Crippen molar-refractivity contribution in [3.63, 3.8) is 0 Å². The maximum absolute atomic E-state index is 11.4. The Labute approximate surface area is 79.0 Å². The molecular weight excluding hydrogens is 190 g/mol. The molecule has 0 saturated carbocycles. The number of hydrogen-bond acceptors (Lipinski definition) is 4. The lowest BCUT2D eigenvalue weighted by atomic mass is 9.83. The molecule has 2 saturated heterocycles. The van der Waals surface area contributed by atoms with E-state index in [0.717, 1.165) is 0 Å². The Morgan fingerprint density at radius 1 is 1.21 bits per heavy atom. The van der Waals surface area contributed by atoms with E-state index in [1.165, 1.54) is 13.8 Å². The first-order valence-corrected chi connectivity index (χ1v) is 4.01. The van der Waals surface area contributed by atoms with Gasteiger partial charge in [-0.15, -0.1) is 0 Å². The molecule has 7 heteroatoms. The van der Waals surface area contributed by atoms with Crippen molar-refractivity contribution in [1.82, 2.24) is 15.7 Å². The first-order chi connectivity index (χ1) is 6.34. The highest BCUT2D eigenvalue weighted by molar-refractivity contribution is 6.18. The molecule has 2 rings (SSSR count). The molecule has 2 atom stereocenters. The molecule has 0 bridgehead atoms. The van der Waals surface area contributed by atoms with Gasteiger partial charge >= 0.3 is 6.03 Å². The Bertz CT molecular complexity index is 368. The minimum Gasteiger partial charge on any atom is -0.319 e. The van der Waals surface area contributed by atoms with Crippen LogP contribution in [-0.4, -0.2) is 39.2 Å². The zero-order valence-electron chi connectivity index (χ0n) is 7.62. The molecule has 2 aliphatic rings. The number of urea groups is 1. The van der Waals surface area contributed by atoms with Crippen molar-refractivity contribution in [3.05, 3.63) is 0 Å². The molecule has 0 aromatic heterocycles. The Hall–Kier alpha value is -1.63. The van der Waals surface area contributed by atoms with E-state index in [2.05, 4.69) is 10.6 Å². The van der Waals surface area contributed by atoms with E-state index in [0.29, 0.717) is 0 Å². The summed E-state index contributed by atoms with van der Waals surface area (Å²) >= 11 is 0. The first-order valence-electron chi connectivity index (χ1n) is 4.01. The summed E-state index contributed by atoms with van der Waals surface area (Å²) in [6, 6.07) is -0.849. The van der Waals surface area contributed by atoms with Gasteiger partial charge in [-0.05, 0) is 13.8 Å². The highest BCUT2D eigenvalue weighted by Crippen LogP contribution is 2.37.